The summed E-state index contributed by atoms with van der Waals surface area (Å²) in [5.74, 6) is -0.834. The van der Waals surface area contributed by atoms with Crippen LogP contribution >= 0.6 is 0 Å². The van der Waals surface area contributed by atoms with Crippen LogP contribution in [0.15, 0.2) is 0 Å². The number of carboxylic acid groups (broad SMARTS) is 1. The van der Waals surface area contributed by atoms with E-state index < -0.39 is 24.1 Å². The molecule has 0 radical (unpaired) electrons. The molecule has 0 aromatic carbocycles. The quantitative estimate of drug-likeness (QED) is 0.309. The van der Waals surface area contributed by atoms with Crippen LogP contribution in [0.25, 0.3) is 0 Å². The van der Waals surface area contributed by atoms with Crippen molar-refractivity contribution in [2.24, 2.45) is 11.7 Å². The fourth-order valence-electron chi connectivity index (χ4n) is 4.55. The van der Waals surface area contributed by atoms with Crippen molar-refractivity contribution in [3.63, 3.8) is 0 Å². The highest BCUT2D eigenvalue weighted by Gasteiger charge is 2.29. The van der Waals surface area contributed by atoms with Gasteiger partial charge in [0.25, 0.3) is 0 Å². The Bertz CT molecular complexity index is 574. The lowest BCUT2D eigenvalue weighted by molar-refractivity contribution is -0.139. The van der Waals surface area contributed by atoms with E-state index in [1.807, 2.05) is 0 Å². The molecule has 3 amide bonds. The summed E-state index contributed by atoms with van der Waals surface area (Å²) >= 11 is 0. The first kappa shape index (κ1) is 25.4. The molecule has 6 N–H and O–H groups in total. The summed E-state index contributed by atoms with van der Waals surface area (Å²) in [5, 5.41) is 17.8. The number of hydrogen-bond acceptors (Lipinski definition) is 5. The van der Waals surface area contributed by atoms with Crippen LogP contribution in [0.4, 0.5) is 4.79 Å². The van der Waals surface area contributed by atoms with Crippen molar-refractivity contribution in [3.05, 3.63) is 0 Å². The Morgan fingerprint density at radius 3 is 2.26 bits per heavy atom. The van der Waals surface area contributed by atoms with Crippen molar-refractivity contribution in [2.75, 3.05) is 26.7 Å². The van der Waals surface area contributed by atoms with E-state index in [0.717, 1.165) is 51.6 Å². The van der Waals surface area contributed by atoms with E-state index in [1.165, 1.54) is 6.42 Å². The predicted molar refractivity (Wildman–Crippen MR) is 120 cm³/mol. The minimum absolute atomic E-state index is 0.116. The zero-order valence-corrected chi connectivity index (χ0v) is 18.9. The van der Waals surface area contributed by atoms with Crippen molar-refractivity contribution < 1.29 is 19.5 Å². The van der Waals surface area contributed by atoms with E-state index in [9.17, 15) is 19.5 Å². The molecule has 31 heavy (non-hydrogen) atoms. The topological polar surface area (TPSA) is 137 Å². The molecule has 0 unspecified atom stereocenters. The highest BCUT2D eigenvalue weighted by atomic mass is 16.4. The molecule has 1 aliphatic heterocycles. The number of nitrogens with two attached hydrogens (primary N) is 1. The number of rotatable bonds is 11. The van der Waals surface area contributed by atoms with E-state index in [1.54, 1.807) is 0 Å². The number of hydrogen-bond donors (Lipinski definition) is 5. The van der Waals surface area contributed by atoms with Gasteiger partial charge in [-0.25, -0.2) is 9.59 Å². The normalized spacial score (nSPS) is 20.6. The summed E-state index contributed by atoms with van der Waals surface area (Å²) in [4.78, 5) is 39.4. The molecule has 9 nitrogen and oxygen atoms in total. The Hall–Kier alpha value is -1.87. The minimum Gasteiger partial charge on any atom is -0.480 e. The zero-order chi connectivity index (χ0) is 22.6. The van der Waals surface area contributed by atoms with Crippen molar-refractivity contribution in [3.8, 4) is 0 Å². The maximum absolute atomic E-state index is 13.0. The third kappa shape index (κ3) is 9.43. The first-order valence-electron chi connectivity index (χ1n) is 11.9. The molecule has 0 aromatic heterocycles. The van der Waals surface area contributed by atoms with E-state index >= 15 is 0 Å². The maximum Gasteiger partial charge on any atom is 0.326 e. The molecule has 1 heterocycles. The molecule has 2 rings (SSSR count). The van der Waals surface area contributed by atoms with Gasteiger partial charge in [-0.3, -0.25) is 4.79 Å². The third-order valence-electron chi connectivity index (χ3n) is 6.53. The summed E-state index contributed by atoms with van der Waals surface area (Å²) in [6.07, 6.45) is 9.69. The van der Waals surface area contributed by atoms with Gasteiger partial charge in [0.2, 0.25) is 5.91 Å². The fraction of sp³-hybridized carbons (Fsp3) is 0.864. The number of urea groups is 1. The Labute approximate surface area is 185 Å². The van der Waals surface area contributed by atoms with Gasteiger partial charge in [-0.2, -0.15) is 0 Å². The molecule has 0 bridgehead atoms. The molecule has 1 saturated carbocycles. The average molecular weight is 440 g/mol. The molecule has 9 heteroatoms. The number of amides is 3. The molecule has 2 aliphatic rings. The third-order valence-corrected chi connectivity index (χ3v) is 6.53. The van der Waals surface area contributed by atoms with Crippen molar-refractivity contribution in [2.45, 2.75) is 88.8 Å². The summed E-state index contributed by atoms with van der Waals surface area (Å²) < 4.78 is 0. The highest BCUT2D eigenvalue weighted by Crippen LogP contribution is 2.27. The Morgan fingerprint density at radius 1 is 1.00 bits per heavy atom. The van der Waals surface area contributed by atoms with E-state index in [2.05, 4.69) is 27.9 Å². The van der Waals surface area contributed by atoms with Crippen LogP contribution in [0, 0.1) is 5.92 Å². The van der Waals surface area contributed by atoms with E-state index in [-0.39, 0.29) is 11.9 Å². The number of aliphatic carboxylic acids is 1. The summed E-state index contributed by atoms with van der Waals surface area (Å²) in [7, 11) is 2.07. The molecule has 1 aliphatic carbocycles. The van der Waals surface area contributed by atoms with Gasteiger partial charge in [-0.1, -0.05) is 32.1 Å². The van der Waals surface area contributed by atoms with Gasteiger partial charge in [0, 0.05) is 6.04 Å². The number of unbranched alkanes of at least 4 members (excludes halogenated alkanes) is 1. The molecule has 2 atom stereocenters. The maximum atomic E-state index is 13.0. The van der Waals surface area contributed by atoms with Gasteiger partial charge in [0.15, 0.2) is 0 Å². The lowest BCUT2D eigenvalue weighted by atomic mass is 9.84. The monoisotopic (exact) mass is 439 g/mol. The standard InChI is InChI=1S/C22H41N5O4/c1-27-13-10-17(11-14-27)24-20(28)19(15-16-7-3-2-4-8-16)26-22(31)25-18(21(29)30)9-5-6-12-23/h16-19H,2-15,23H2,1H3,(H,24,28)(H,29,30)(H2,25,26,31)/t18-,19+/m0/s1. The first-order chi connectivity index (χ1) is 14.9. The van der Waals surface area contributed by atoms with Crippen LogP contribution in [0.2, 0.25) is 0 Å². The Balaban J connectivity index is 1.94. The molecule has 1 saturated heterocycles. The predicted octanol–water partition coefficient (Wildman–Crippen LogP) is 1.42. The van der Waals surface area contributed by atoms with E-state index in [0.29, 0.717) is 38.1 Å². The smallest absolute Gasteiger partial charge is 0.326 e. The first-order valence-corrected chi connectivity index (χ1v) is 11.9. The van der Waals surface area contributed by atoms with Gasteiger partial charge in [-0.15, -0.1) is 0 Å². The fourth-order valence-corrected chi connectivity index (χ4v) is 4.55. The van der Waals surface area contributed by atoms with Crippen molar-refractivity contribution >= 4 is 17.9 Å². The largest absolute Gasteiger partial charge is 0.480 e. The Morgan fingerprint density at radius 2 is 1.65 bits per heavy atom. The molecular weight excluding hydrogens is 398 g/mol. The minimum atomic E-state index is -1.08. The summed E-state index contributed by atoms with van der Waals surface area (Å²) in [6, 6.07) is -2.12. The summed E-state index contributed by atoms with van der Waals surface area (Å²) in [5.41, 5.74) is 5.47. The van der Waals surface area contributed by atoms with Crippen LogP contribution in [0.3, 0.4) is 0 Å². The number of carbonyl (C=O) groups excluding carboxylic acids is 2. The van der Waals surface area contributed by atoms with Crippen LogP contribution in [0.1, 0.15) is 70.6 Å². The zero-order valence-electron chi connectivity index (χ0n) is 18.9. The van der Waals surface area contributed by atoms with Crippen LogP contribution < -0.4 is 21.7 Å². The van der Waals surface area contributed by atoms with Crippen molar-refractivity contribution in [1.82, 2.24) is 20.9 Å². The molecule has 0 aromatic rings. The average Bonchev–Trinajstić information content (AvgIpc) is 2.75. The number of likely N-dealkylation sites (tertiary alicyclic amines) is 1. The second-order valence-corrected chi connectivity index (χ2v) is 9.17. The summed E-state index contributed by atoms with van der Waals surface area (Å²) in [6.45, 7) is 2.36. The van der Waals surface area contributed by atoms with Gasteiger partial charge in [-0.05, 0) is 71.1 Å². The lowest BCUT2D eigenvalue weighted by Gasteiger charge is -2.32. The van der Waals surface area contributed by atoms with Crippen LogP contribution in [-0.2, 0) is 9.59 Å². The van der Waals surface area contributed by atoms with Crippen LogP contribution in [0.5, 0.6) is 0 Å². The Kier molecular flexibility index (Phi) is 11.1. The van der Waals surface area contributed by atoms with Gasteiger partial charge in [0.1, 0.15) is 12.1 Å². The number of piperidine rings is 1. The SMILES string of the molecule is CN1CCC(NC(=O)[C@@H](CC2CCCCC2)NC(=O)N[C@@H](CCCCN)C(=O)O)CC1. The second-order valence-electron chi connectivity index (χ2n) is 9.17. The van der Waals surface area contributed by atoms with Gasteiger partial charge >= 0.3 is 12.0 Å². The van der Waals surface area contributed by atoms with Gasteiger partial charge < -0.3 is 31.7 Å². The second kappa shape index (κ2) is 13.5. The molecule has 2 fully saturated rings. The van der Waals surface area contributed by atoms with Gasteiger partial charge in [0.05, 0.1) is 0 Å². The molecule has 0 spiro atoms. The van der Waals surface area contributed by atoms with E-state index in [4.69, 9.17) is 5.73 Å². The number of nitrogens with zero attached hydrogens (tertiary/aromatic N) is 1. The van der Waals surface area contributed by atoms with Crippen LogP contribution in [-0.4, -0.2) is 72.7 Å². The number of nitrogens with one attached hydrogen (secondary N) is 3. The molecular formula is C22H41N5O4. The number of carboxylic acids is 1. The van der Waals surface area contributed by atoms with Crippen molar-refractivity contribution in [1.29, 1.82) is 0 Å². The molecule has 178 valence electrons. The lowest BCUT2D eigenvalue weighted by Crippen LogP contribution is -2.56. The highest BCUT2D eigenvalue weighted by molar-refractivity contribution is 5.88. The number of carbonyl (C=O) groups is 3.